The minimum absolute atomic E-state index is 0.0155. The van der Waals surface area contributed by atoms with Crippen molar-refractivity contribution in [3.05, 3.63) is 34.4 Å². The Kier molecular flexibility index (Phi) is 4.95. The summed E-state index contributed by atoms with van der Waals surface area (Å²) in [5, 5.41) is 1.97. The summed E-state index contributed by atoms with van der Waals surface area (Å²) in [6, 6.07) is 4.05. The van der Waals surface area contributed by atoms with Gasteiger partial charge in [0.05, 0.1) is 12.5 Å². The van der Waals surface area contributed by atoms with Gasteiger partial charge in [-0.1, -0.05) is 6.07 Å². The molecule has 0 amide bonds. The first kappa shape index (κ1) is 14.9. The SMILES string of the molecule is Fc1cnc(OCc2cccs2)nc1/N=C/N1CCCCC1. The topological polar surface area (TPSA) is 50.6 Å². The van der Waals surface area contributed by atoms with Gasteiger partial charge in [-0.05, 0) is 30.7 Å². The molecule has 3 rings (SSSR count). The molecule has 0 atom stereocenters. The van der Waals surface area contributed by atoms with Gasteiger partial charge in [0.2, 0.25) is 0 Å². The summed E-state index contributed by atoms with van der Waals surface area (Å²) in [6.45, 7) is 2.29. The highest BCUT2D eigenvalue weighted by Crippen LogP contribution is 2.18. The van der Waals surface area contributed by atoms with Crippen LogP contribution in [0.2, 0.25) is 0 Å². The summed E-state index contributed by atoms with van der Waals surface area (Å²) >= 11 is 1.59. The minimum Gasteiger partial charge on any atom is -0.458 e. The summed E-state index contributed by atoms with van der Waals surface area (Å²) in [6.07, 6.45) is 6.29. The molecule has 22 heavy (non-hydrogen) atoms. The van der Waals surface area contributed by atoms with Gasteiger partial charge in [-0.3, -0.25) is 0 Å². The molecular formula is C15H17FN4OS. The Morgan fingerprint density at radius 2 is 2.23 bits per heavy atom. The monoisotopic (exact) mass is 320 g/mol. The number of aromatic nitrogens is 2. The number of aliphatic imine (C=N–C) groups is 1. The lowest BCUT2D eigenvalue weighted by atomic mass is 10.1. The van der Waals surface area contributed by atoms with Gasteiger partial charge >= 0.3 is 6.01 Å². The Bertz CT molecular complexity index is 626. The first-order chi connectivity index (χ1) is 10.8. The van der Waals surface area contributed by atoms with E-state index in [-0.39, 0.29) is 11.8 Å². The van der Waals surface area contributed by atoms with Crippen LogP contribution >= 0.6 is 11.3 Å². The number of hydrogen-bond donors (Lipinski definition) is 0. The van der Waals surface area contributed by atoms with Crippen LogP contribution in [0.5, 0.6) is 6.01 Å². The van der Waals surface area contributed by atoms with Crippen molar-refractivity contribution >= 4 is 23.5 Å². The van der Waals surface area contributed by atoms with Crippen LogP contribution in [0.3, 0.4) is 0 Å². The maximum atomic E-state index is 13.7. The second-order valence-electron chi connectivity index (χ2n) is 5.03. The molecule has 3 heterocycles. The average molecular weight is 320 g/mol. The lowest BCUT2D eigenvalue weighted by Gasteiger charge is -2.23. The molecular weight excluding hydrogens is 303 g/mol. The fraction of sp³-hybridized carbons (Fsp3) is 0.400. The summed E-state index contributed by atoms with van der Waals surface area (Å²) in [5.74, 6) is -0.529. The van der Waals surface area contributed by atoms with E-state index in [4.69, 9.17) is 4.74 Å². The molecule has 2 aromatic rings. The Morgan fingerprint density at radius 1 is 1.36 bits per heavy atom. The number of ether oxygens (including phenoxy) is 1. The van der Waals surface area contributed by atoms with Crippen LogP contribution in [0.15, 0.2) is 28.7 Å². The zero-order valence-corrected chi connectivity index (χ0v) is 12.9. The molecule has 1 aliphatic heterocycles. The highest BCUT2D eigenvalue weighted by molar-refractivity contribution is 7.09. The summed E-state index contributed by atoms with van der Waals surface area (Å²) in [7, 11) is 0. The van der Waals surface area contributed by atoms with E-state index in [9.17, 15) is 4.39 Å². The van der Waals surface area contributed by atoms with E-state index in [1.165, 1.54) is 6.42 Å². The van der Waals surface area contributed by atoms with Crippen LogP contribution in [0.1, 0.15) is 24.1 Å². The first-order valence-corrected chi connectivity index (χ1v) is 8.15. The third-order valence-electron chi connectivity index (χ3n) is 3.36. The number of hydrogen-bond acceptors (Lipinski definition) is 5. The maximum Gasteiger partial charge on any atom is 0.318 e. The second kappa shape index (κ2) is 7.31. The van der Waals surface area contributed by atoms with E-state index in [1.807, 2.05) is 17.5 Å². The van der Waals surface area contributed by atoms with E-state index in [0.717, 1.165) is 37.0 Å². The number of thiophene rings is 1. The van der Waals surface area contributed by atoms with Crippen molar-refractivity contribution in [2.75, 3.05) is 13.1 Å². The third-order valence-corrected chi connectivity index (χ3v) is 4.21. The minimum atomic E-state index is -0.545. The van der Waals surface area contributed by atoms with Crippen LogP contribution in [-0.2, 0) is 6.61 Å². The molecule has 0 saturated carbocycles. The lowest BCUT2D eigenvalue weighted by molar-refractivity contribution is 0.283. The van der Waals surface area contributed by atoms with E-state index >= 15 is 0 Å². The molecule has 5 nitrogen and oxygen atoms in total. The van der Waals surface area contributed by atoms with Gasteiger partial charge in [0.15, 0.2) is 11.6 Å². The van der Waals surface area contributed by atoms with Crippen molar-refractivity contribution in [3.63, 3.8) is 0 Å². The molecule has 1 fully saturated rings. The van der Waals surface area contributed by atoms with Crippen molar-refractivity contribution in [2.45, 2.75) is 25.9 Å². The Labute approximate surface area is 132 Å². The van der Waals surface area contributed by atoms with Crippen LogP contribution < -0.4 is 4.74 Å². The molecule has 0 bridgehead atoms. The van der Waals surface area contributed by atoms with Gasteiger partial charge in [-0.2, -0.15) is 4.98 Å². The standard InChI is InChI=1S/C15H17FN4OS/c16-13-9-17-15(21-10-12-5-4-8-22-12)19-14(13)18-11-20-6-2-1-3-7-20/h4-5,8-9,11H,1-3,6-7,10H2/b18-11+. The third kappa shape index (κ3) is 4.00. The van der Waals surface area contributed by atoms with Crippen LogP contribution in [0.4, 0.5) is 10.2 Å². The van der Waals surface area contributed by atoms with Crippen LogP contribution in [0.25, 0.3) is 0 Å². The second-order valence-corrected chi connectivity index (χ2v) is 6.07. The van der Waals surface area contributed by atoms with Gasteiger partial charge in [-0.25, -0.2) is 14.4 Å². The molecule has 0 aliphatic carbocycles. The molecule has 0 spiro atoms. The largest absolute Gasteiger partial charge is 0.458 e. The fourth-order valence-electron chi connectivity index (χ4n) is 2.20. The number of piperidine rings is 1. The van der Waals surface area contributed by atoms with Gasteiger partial charge in [-0.15, -0.1) is 11.3 Å². The van der Waals surface area contributed by atoms with Crippen molar-refractivity contribution in [3.8, 4) is 6.01 Å². The molecule has 1 aliphatic rings. The Hall–Kier alpha value is -2.02. The predicted molar refractivity (Wildman–Crippen MR) is 84.2 cm³/mol. The predicted octanol–water partition coefficient (Wildman–Crippen LogP) is 3.40. The first-order valence-electron chi connectivity index (χ1n) is 7.27. The molecule has 1 saturated heterocycles. The maximum absolute atomic E-state index is 13.7. The smallest absolute Gasteiger partial charge is 0.318 e. The quantitative estimate of drug-likeness (QED) is 0.626. The average Bonchev–Trinajstić information content (AvgIpc) is 3.07. The van der Waals surface area contributed by atoms with Gasteiger partial charge < -0.3 is 9.64 Å². The Balaban J connectivity index is 1.65. The summed E-state index contributed by atoms with van der Waals surface area (Å²) < 4.78 is 19.2. The van der Waals surface area contributed by atoms with Crippen molar-refractivity contribution in [2.24, 2.45) is 4.99 Å². The van der Waals surface area contributed by atoms with E-state index in [1.54, 1.807) is 17.7 Å². The normalized spacial score (nSPS) is 15.4. The van der Waals surface area contributed by atoms with E-state index in [0.29, 0.717) is 6.61 Å². The van der Waals surface area contributed by atoms with Gasteiger partial charge in [0.25, 0.3) is 0 Å². The molecule has 0 N–H and O–H groups in total. The fourth-order valence-corrected chi connectivity index (χ4v) is 2.82. The van der Waals surface area contributed by atoms with Crippen LogP contribution in [-0.4, -0.2) is 34.3 Å². The molecule has 2 aromatic heterocycles. The zero-order chi connectivity index (χ0) is 15.2. The van der Waals surface area contributed by atoms with Gasteiger partial charge in [0, 0.05) is 18.0 Å². The van der Waals surface area contributed by atoms with E-state index < -0.39 is 5.82 Å². The highest BCUT2D eigenvalue weighted by atomic mass is 32.1. The molecule has 0 aromatic carbocycles. The zero-order valence-electron chi connectivity index (χ0n) is 12.1. The summed E-state index contributed by atoms with van der Waals surface area (Å²) in [5.41, 5.74) is 0. The number of likely N-dealkylation sites (tertiary alicyclic amines) is 1. The van der Waals surface area contributed by atoms with Crippen molar-refractivity contribution in [1.82, 2.24) is 14.9 Å². The van der Waals surface area contributed by atoms with E-state index in [2.05, 4.69) is 19.9 Å². The Morgan fingerprint density at radius 3 is 3.00 bits per heavy atom. The summed E-state index contributed by atoms with van der Waals surface area (Å²) in [4.78, 5) is 15.1. The molecule has 7 heteroatoms. The molecule has 0 radical (unpaired) electrons. The molecule has 116 valence electrons. The number of halogens is 1. The highest BCUT2D eigenvalue weighted by Gasteiger charge is 2.09. The van der Waals surface area contributed by atoms with Crippen molar-refractivity contribution < 1.29 is 9.13 Å². The number of nitrogens with zero attached hydrogens (tertiary/aromatic N) is 4. The van der Waals surface area contributed by atoms with Crippen molar-refractivity contribution in [1.29, 1.82) is 0 Å². The van der Waals surface area contributed by atoms with Gasteiger partial charge in [0.1, 0.15) is 6.61 Å². The van der Waals surface area contributed by atoms with Crippen LogP contribution in [0, 0.1) is 5.82 Å². The molecule has 0 unspecified atom stereocenters. The number of rotatable bonds is 5. The lowest BCUT2D eigenvalue weighted by Crippen LogP contribution is -2.28.